The summed E-state index contributed by atoms with van der Waals surface area (Å²) in [6, 6.07) is 7.48. The summed E-state index contributed by atoms with van der Waals surface area (Å²) in [6.07, 6.45) is 1.07. The maximum atomic E-state index is 13.7. The van der Waals surface area contributed by atoms with Crippen LogP contribution in [0.3, 0.4) is 0 Å². The van der Waals surface area contributed by atoms with Crippen molar-refractivity contribution >= 4 is 39.9 Å². The number of carbonyl (C=O) groups excluding carboxylic acids is 1. The van der Waals surface area contributed by atoms with E-state index in [4.69, 9.17) is 13.9 Å². The Hall–Kier alpha value is -2.92. The topological polar surface area (TPSA) is 73.6 Å². The molecule has 3 aromatic rings. The summed E-state index contributed by atoms with van der Waals surface area (Å²) < 4.78 is 56.8. The van der Waals surface area contributed by atoms with Crippen LogP contribution in [0.4, 0.5) is 24.0 Å². The van der Waals surface area contributed by atoms with Crippen LogP contribution in [0.2, 0.25) is 0 Å². The molecule has 2 aromatic heterocycles. The number of alkyl halides is 3. The van der Waals surface area contributed by atoms with E-state index in [-0.39, 0.29) is 35.7 Å². The highest BCUT2D eigenvalue weighted by Gasteiger charge is 2.35. The fourth-order valence-corrected chi connectivity index (χ4v) is 5.68. The number of nitrogens with zero attached hydrogens (tertiary/aromatic N) is 1. The highest BCUT2D eigenvalue weighted by molar-refractivity contribution is 8.03. The van der Waals surface area contributed by atoms with Crippen LogP contribution in [0.15, 0.2) is 57.4 Å². The molecule has 192 valence electrons. The van der Waals surface area contributed by atoms with E-state index in [0.29, 0.717) is 24.6 Å². The molecule has 1 unspecified atom stereocenters. The lowest BCUT2D eigenvalue weighted by Crippen LogP contribution is -2.10. The van der Waals surface area contributed by atoms with Gasteiger partial charge in [-0.25, -0.2) is 4.98 Å². The normalized spacial score (nSPS) is 15.6. The highest BCUT2D eigenvalue weighted by atomic mass is 32.2. The number of thiazole rings is 1. The standard InChI is InChI=1S/C25H25F3N2O4S2/c1-2-32-23(31)14-18-8-10-22(36-18)20-15-35-24(30-20)29-16-7-9-21(19(13-16)25(26,27)28)34-12-4-6-17-5-3-11-33-17/h3,5,7-9,11,13,15,22H,2,4,6,10,12,14H2,1H3,(H,29,30). The van der Waals surface area contributed by atoms with Crippen molar-refractivity contribution in [2.75, 3.05) is 18.5 Å². The minimum Gasteiger partial charge on any atom is -0.493 e. The van der Waals surface area contributed by atoms with Crippen molar-refractivity contribution in [1.82, 2.24) is 4.98 Å². The number of aryl methyl sites for hydroxylation is 1. The van der Waals surface area contributed by atoms with Gasteiger partial charge in [-0.15, -0.1) is 23.1 Å². The van der Waals surface area contributed by atoms with Crippen molar-refractivity contribution in [3.63, 3.8) is 0 Å². The fraction of sp³-hybridized carbons (Fsp3) is 0.360. The van der Waals surface area contributed by atoms with Crippen LogP contribution >= 0.6 is 23.1 Å². The minimum atomic E-state index is -4.57. The van der Waals surface area contributed by atoms with Crippen molar-refractivity contribution in [3.8, 4) is 5.75 Å². The molecule has 4 rings (SSSR count). The van der Waals surface area contributed by atoms with Crippen molar-refractivity contribution < 1.29 is 31.9 Å². The van der Waals surface area contributed by atoms with Gasteiger partial charge in [0.15, 0.2) is 5.13 Å². The Kier molecular flexibility index (Phi) is 8.63. The Labute approximate surface area is 214 Å². The lowest BCUT2D eigenvalue weighted by atomic mass is 10.1. The Morgan fingerprint density at radius 3 is 2.92 bits per heavy atom. The number of hydrogen-bond donors (Lipinski definition) is 1. The smallest absolute Gasteiger partial charge is 0.420 e. The molecule has 0 spiro atoms. The van der Waals surface area contributed by atoms with Gasteiger partial charge < -0.3 is 19.2 Å². The molecule has 1 N–H and O–H groups in total. The molecule has 1 aromatic carbocycles. The molecule has 1 atom stereocenters. The van der Waals surface area contributed by atoms with Crippen molar-refractivity contribution in [2.24, 2.45) is 0 Å². The van der Waals surface area contributed by atoms with Gasteiger partial charge in [-0.2, -0.15) is 13.2 Å². The predicted octanol–water partition coefficient (Wildman–Crippen LogP) is 7.53. The molecule has 0 amide bonds. The number of aromatic nitrogens is 1. The summed E-state index contributed by atoms with van der Waals surface area (Å²) >= 11 is 2.88. The Morgan fingerprint density at radius 2 is 2.17 bits per heavy atom. The summed E-state index contributed by atoms with van der Waals surface area (Å²) in [6.45, 7) is 2.25. The molecule has 0 saturated carbocycles. The number of thioether (sulfide) groups is 1. The maximum Gasteiger partial charge on any atom is 0.420 e. The SMILES string of the molecule is CCOC(=O)CC1=CCC(c2csc(Nc3ccc(OCCCc4ccco4)c(C(F)(F)F)c3)n2)S1. The van der Waals surface area contributed by atoms with Crippen LogP contribution in [-0.2, 0) is 22.1 Å². The predicted molar refractivity (Wildman–Crippen MR) is 134 cm³/mol. The zero-order valence-electron chi connectivity index (χ0n) is 19.5. The molecule has 6 nitrogen and oxygen atoms in total. The number of esters is 1. The molecule has 1 aliphatic rings. The first-order chi connectivity index (χ1) is 17.3. The second-order valence-corrected chi connectivity index (χ2v) is 10.1. The van der Waals surface area contributed by atoms with Gasteiger partial charge in [-0.1, -0.05) is 6.08 Å². The number of ether oxygens (including phenoxy) is 2. The third-order valence-electron chi connectivity index (χ3n) is 5.27. The number of rotatable bonds is 11. The van der Waals surface area contributed by atoms with Crippen molar-refractivity contribution in [2.45, 2.75) is 44.0 Å². The summed E-state index contributed by atoms with van der Waals surface area (Å²) in [7, 11) is 0. The van der Waals surface area contributed by atoms with E-state index >= 15 is 0 Å². The second-order valence-electron chi connectivity index (χ2n) is 7.94. The summed E-state index contributed by atoms with van der Waals surface area (Å²) in [4.78, 5) is 17.2. The number of allylic oxidation sites excluding steroid dienone is 1. The van der Waals surface area contributed by atoms with Gasteiger partial charge in [-0.05, 0) is 55.0 Å². The monoisotopic (exact) mass is 538 g/mol. The van der Waals surface area contributed by atoms with E-state index in [9.17, 15) is 18.0 Å². The molecule has 36 heavy (non-hydrogen) atoms. The van der Waals surface area contributed by atoms with E-state index in [0.717, 1.165) is 28.8 Å². The van der Waals surface area contributed by atoms with Gasteiger partial charge in [0.25, 0.3) is 0 Å². The van der Waals surface area contributed by atoms with Gasteiger partial charge in [0, 0.05) is 17.5 Å². The molecule has 0 bridgehead atoms. The Balaban J connectivity index is 1.35. The first-order valence-electron chi connectivity index (χ1n) is 11.4. The lowest BCUT2D eigenvalue weighted by molar-refractivity contribution is -0.142. The van der Waals surface area contributed by atoms with Crippen molar-refractivity contribution in [1.29, 1.82) is 0 Å². The van der Waals surface area contributed by atoms with Crippen LogP contribution in [0.5, 0.6) is 5.75 Å². The summed E-state index contributed by atoms with van der Waals surface area (Å²) in [5.41, 5.74) is 0.239. The second kappa shape index (κ2) is 11.9. The molecule has 3 heterocycles. The van der Waals surface area contributed by atoms with Gasteiger partial charge in [0.2, 0.25) is 0 Å². The van der Waals surface area contributed by atoms with E-state index in [1.54, 1.807) is 37.1 Å². The number of nitrogens with one attached hydrogen (secondary N) is 1. The minimum absolute atomic E-state index is 0.0592. The van der Waals surface area contributed by atoms with E-state index < -0.39 is 11.7 Å². The van der Waals surface area contributed by atoms with Gasteiger partial charge in [-0.3, -0.25) is 4.79 Å². The number of hydrogen-bond acceptors (Lipinski definition) is 8. The quantitative estimate of drug-likeness (QED) is 0.200. The highest BCUT2D eigenvalue weighted by Crippen LogP contribution is 2.46. The van der Waals surface area contributed by atoms with Crippen LogP contribution < -0.4 is 10.1 Å². The summed E-state index contributed by atoms with van der Waals surface area (Å²) in [5.74, 6) is 0.289. The van der Waals surface area contributed by atoms with Crippen molar-refractivity contribution in [3.05, 3.63) is 70.0 Å². The Morgan fingerprint density at radius 1 is 1.31 bits per heavy atom. The number of halogens is 3. The molecule has 0 saturated heterocycles. The van der Waals surface area contributed by atoms with E-state index in [1.807, 2.05) is 17.5 Å². The van der Waals surface area contributed by atoms with Crippen LogP contribution in [-0.4, -0.2) is 24.2 Å². The number of carbonyl (C=O) groups is 1. The number of furan rings is 1. The van der Waals surface area contributed by atoms with E-state index in [1.165, 1.54) is 17.4 Å². The number of anilines is 2. The first kappa shape index (κ1) is 26.2. The molecule has 11 heteroatoms. The zero-order valence-corrected chi connectivity index (χ0v) is 21.1. The molecule has 0 fully saturated rings. The first-order valence-corrected chi connectivity index (χ1v) is 13.2. The largest absolute Gasteiger partial charge is 0.493 e. The van der Waals surface area contributed by atoms with Crippen LogP contribution in [0.25, 0.3) is 0 Å². The molecule has 1 aliphatic heterocycles. The molecule has 0 aliphatic carbocycles. The molecular weight excluding hydrogens is 513 g/mol. The maximum absolute atomic E-state index is 13.7. The van der Waals surface area contributed by atoms with Gasteiger partial charge in [0.1, 0.15) is 11.5 Å². The Bertz CT molecular complexity index is 1190. The third kappa shape index (κ3) is 7.07. The van der Waals surface area contributed by atoms with Gasteiger partial charge >= 0.3 is 12.1 Å². The third-order valence-corrected chi connectivity index (χ3v) is 7.38. The average Bonchev–Trinajstić information content (AvgIpc) is 3.59. The van der Waals surface area contributed by atoms with Crippen LogP contribution in [0, 0.1) is 0 Å². The average molecular weight is 539 g/mol. The van der Waals surface area contributed by atoms with Gasteiger partial charge in [0.05, 0.1) is 42.4 Å². The van der Waals surface area contributed by atoms with Crippen LogP contribution in [0.1, 0.15) is 48.5 Å². The molecule has 0 radical (unpaired) electrons. The number of benzene rings is 1. The molecular formula is C25H25F3N2O4S2. The lowest BCUT2D eigenvalue weighted by Gasteiger charge is -2.15. The summed E-state index contributed by atoms with van der Waals surface area (Å²) in [5, 5.41) is 5.40. The fourth-order valence-electron chi connectivity index (χ4n) is 3.62. The zero-order chi connectivity index (χ0) is 25.5. The van der Waals surface area contributed by atoms with E-state index in [2.05, 4.69) is 10.3 Å².